The van der Waals surface area contributed by atoms with E-state index in [0.717, 1.165) is 36.6 Å². The Kier molecular flexibility index (Phi) is 8.08. The number of amides is 1. The van der Waals surface area contributed by atoms with Gasteiger partial charge in [-0.25, -0.2) is 0 Å². The van der Waals surface area contributed by atoms with Gasteiger partial charge < -0.3 is 19.4 Å². The van der Waals surface area contributed by atoms with Gasteiger partial charge in [-0.2, -0.15) is 0 Å². The van der Waals surface area contributed by atoms with Crippen molar-refractivity contribution >= 4 is 28.6 Å². The fourth-order valence-corrected chi connectivity index (χ4v) is 3.51. The van der Waals surface area contributed by atoms with Crippen LogP contribution in [0.15, 0.2) is 59.4 Å². The van der Waals surface area contributed by atoms with E-state index in [0.29, 0.717) is 23.6 Å². The Labute approximate surface area is 188 Å². The Morgan fingerprint density at radius 1 is 1.06 bits per heavy atom. The van der Waals surface area contributed by atoms with Gasteiger partial charge in [-0.1, -0.05) is 56.5 Å². The van der Waals surface area contributed by atoms with Gasteiger partial charge in [-0.15, -0.1) is 0 Å². The molecule has 1 amide bonds. The second-order valence-corrected chi connectivity index (χ2v) is 7.60. The maximum Gasteiger partial charge on any atom is 0.297 e. The molecule has 1 aromatic heterocycles. The SMILES string of the molecule is CCCCCCOc1c(OC)c2ccc(NC(=O)C=Cc3ccccc3)cc2n(C)c1=O. The molecule has 0 atom stereocenters. The second kappa shape index (κ2) is 11.2. The van der Waals surface area contributed by atoms with Gasteiger partial charge in [0.05, 0.1) is 19.2 Å². The summed E-state index contributed by atoms with van der Waals surface area (Å²) in [5, 5.41) is 3.59. The van der Waals surface area contributed by atoms with Crippen molar-refractivity contribution in [2.75, 3.05) is 19.0 Å². The van der Waals surface area contributed by atoms with Gasteiger partial charge in [-0.3, -0.25) is 9.59 Å². The lowest BCUT2D eigenvalue weighted by Crippen LogP contribution is -2.21. The van der Waals surface area contributed by atoms with Gasteiger partial charge in [0.25, 0.3) is 5.56 Å². The normalized spacial score (nSPS) is 11.1. The van der Waals surface area contributed by atoms with Crippen molar-refractivity contribution in [3.8, 4) is 11.5 Å². The number of methoxy groups -OCH3 is 1. The van der Waals surface area contributed by atoms with Crippen molar-refractivity contribution < 1.29 is 14.3 Å². The number of nitrogens with zero attached hydrogens (tertiary/aromatic N) is 1. The summed E-state index contributed by atoms with van der Waals surface area (Å²) in [7, 11) is 3.22. The third-order valence-corrected chi connectivity index (χ3v) is 5.25. The topological polar surface area (TPSA) is 69.6 Å². The summed E-state index contributed by atoms with van der Waals surface area (Å²) in [4.78, 5) is 25.3. The summed E-state index contributed by atoms with van der Waals surface area (Å²) in [6, 6.07) is 15.0. The van der Waals surface area contributed by atoms with Crippen LogP contribution in [-0.4, -0.2) is 24.2 Å². The highest BCUT2D eigenvalue weighted by Gasteiger charge is 2.18. The molecule has 0 saturated carbocycles. The molecular weight excluding hydrogens is 404 g/mol. The highest BCUT2D eigenvalue weighted by Crippen LogP contribution is 2.33. The van der Waals surface area contributed by atoms with Crippen molar-refractivity contribution in [3.63, 3.8) is 0 Å². The number of carbonyl (C=O) groups is 1. The summed E-state index contributed by atoms with van der Waals surface area (Å²) in [5.41, 5.74) is 1.91. The Morgan fingerprint density at radius 3 is 2.56 bits per heavy atom. The van der Waals surface area contributed by atoms with Crippen molar-refractivity contribution in [1.82, 2.24) is 4.57 Å². The number of hydrogen-bond donors (Lipinski definition) is 1. The lowest BCUT2D eigenvalue weighted by Gasteiger charge is -2.16. The van der Waals surface area contributed by atoms with Gasteiger partial charge in [0, 0.05) is 24.2 Å². The molecule has 0 spiro atoms. The van der Waals surface area contributed by atoms with E-state index in [1.54, 1.807) is 25.3 Å². The van der Waals surface area contributed by atoms with Crippen molar-refractivity contribution in [1.29, 1.82) is 0 Å². The Bertz CT molecular complexity index is 1150. The number of pyridine rings is 1. The first kappa shape index (κ1) is 23.1. The summed E-state index contributed by atoms with van der Waals surface area (Å²) in [6.07, 6.45) is 7.47. The predicted molar refractivity (Wildman–Crippen MR) is 129 cm³/mol. The Balaban J connectivity index is 1.82. The van der Waals surface area contributed by atoms with Crippen LogP contribution in [0.25, 0.3) is 17.0 Å². The average Bonchev–Trinajstić information content (AvgIpc) is 2.81. The molecule has 6 nitrogen and oxygen atoms in total. The van der Waals surface area contributed by atoms with Crippen LogP contribution < -0.4 is 20.3 Å². The van der Waals surface area contributed by atoms with Crippen LogP contribution in [0.4, 0.5) is 5.69 Å². The van der Waals surface area contributed by atoms with Crippen LogP contribution in [0, 0.1) is 0 Å². The first-order chi connectivity index (χ1) is 15.5. The third kappa shape index (κ3) is 5.58. The van der Waals surface area contributed by atoms with E-state index in [9.17, 15) is 9.59 Å². The number of nitrogens with one attached hydrogen (secondary N) is 1. The number of ether oxygens (including phenoxy) is 2. The molecule has 0 unspecified atom stereocenters. The van der Waals surface area contributed by atoms with E-state index in [1.807, 2.05) is 36.4 Å². The molecule has 0 radical (unpaired) electrons. The molecule has 32 heavy (non-hydrogen) atoms. The molecule has 2 aromatic carbocycles. The number of fused-ring (bicyclic) bond motifs is 1. The van der Waals surface area contributed by atoms with Crippen molar-refractivity contribution in [3.05, 3.63) is 70.5 Å². The molecule has 0 aliphatic carbocycles. The van der Waals surface area contributed by atoms with E-state index in [2.05, 4.69) is 12.2 Å². The van der Waals surface area contributed by atoms with Gasteiger partial charge >= 0.3 is 0 Å². The smallest absolute Gasteiger partial charge is 0.297 e. The quantitative estimate of drug-likeness (QED) is 0.354. The van der Waals surface area contributed by atoms with Crippen LogP contribution in [0.5, 0.6) is 11.5 Å². The highest BCUT2D eigenvalue weighted by molar-refractivity contribution is 6.03. The molecule has 1 N–H and O–H groups in total. The zero-order valence-corrected chi connectivity index (χ0v) is 18.9. The van der Waals surface area contributed by atoms with Crippen LogP contribution in [0.2, 0.25) is 0 Å². The van der Waals surface area contributed by atoms with Crippen LogP contribution in [0.1, 0.15) is 38.2 Å². The number of anilines is 1. The average molecular weight is 435 g/mol. The highest BCUT2D eigenvalue weighted by atomic mass is 16.5. The monoisotopic (exact) mass is 434 g/mol. The second-order valence-electron chi connectivity index (χ2n) is 7.60. The first-order valence-electron chi connectivity index (χ1n) is 10.9. The molecule has 3 rings (SSSR count). The van der Waals surface area contributed by atoms with E-state index >= 15 is 0 Å². The largest absolute Gasteiger partial charge is 0.492 e. The molecule has 1 heterocycles. The summed E-state index contributed by atoms with van der Waals surface area (Å²) in [6.45, 7) is 2.62. The maximum absolute atomic E-state index is 12.9. The molecule has 6 heteroatoms. The number of benzene rings is 2. The van der Waals surface area contributed by atoms with Gasteiger partial charge in [0.1, 0.15) is 0 Å². The number of aryl methyl sites for hydroxylation is 1. The maximum atomic E-state index is 12.9. The Morgan fingerprint density at radius 2 is 1.84 bits per heavy atom. The minimum atomic E-state index is -0.266. The first-order valence-corrected chi connectivity index (χ1v) is 10.9. The molecule has 0 aliphatic rings. The molecule has 0 aliphatic heterocycles. The molecule has 168 valence electrons. The van der Waals surface area contributed by atoms with Crippen LogP contribution >= 0.6 is 0 Å². The predicted octanol–water partition coefficient (Wildman–Crippen LogP) is 5.16. The van der Waals surface area contributed by atoms with Crippen molar-refractivity contribution in [2.24, 2.45) is 7.05 Å². The van der Waals surface area contributed by atoms with Gasteiger partial charge in [0.2, 0.25) is 11.7 Å². The van der Waals surface area contributed by atoms with E-state index in [1.165, 1.54) is 17.8 Å². The number of aromatic nitrogens is 1. The molecule has 0 bridgehead atoms. The molecule has 0 fully saturated rings. The van der Waals surface area contributed by atoms with E-state index in [4.69, 9.17) is 9.47 Å². The minimum Gasteiger partial charge on any atom is -0.492 e. The minimum absolute atomic E-state index is 0.224. The number of carbonyl (C=O) groups excluding carboxylic acids is 1. The number of hydrogen-bond acceptors (Lipinski definition) is 4. The van der Waals surface area contributed by atoms with Gasteiger partial charge in [-0.05, 0) is 36.3 Å². The lowest BCUT2D eigenvalue weighted by molar-refractivity contribution is -0.111. The Hall–Kier alpha value is -3.54. The third-order valence-electron chi connectivity index (χ3n) is 5.25. The summed E-state index contributed by atoms with van der Waals surface area (Å²) in [5.74, 6) is 0.388. The van der Waals surface area contributed by atoms with Crippen molar-refractivity contribution in [2.45, 2.75) is 32.6 Å². The summed E-state index contributed by atoms with van der Waals surface area (Å²) >= 11 is 0. The fourth-order valence-electron chi connectivity index (χ4n) is 3.51. The fraction of sp³-hybridized carbons (Fsp3) is 0.308. The van der Waals surface area contributed by atoms with Crippen LogP contribution in [-0.2, 0) is 11.8 Å². The number of unbranched alkanes of at least 4 members (excludes halogenated alkanes) is 3. The van der Waals surface area contributed by atoms with Crippen LogP contribution in [0.3, 0.4) is 0 Å². The lowest BCUT2D eigenvalue weighted by atomic mass is 10.1. The summed E-state index contributed by atoms with van der Waals surface area (Å²) < 4.78 is 12.9. The standard InChI is InChI=1S/C26H30N2O4/c1-4-5-6-10-17-32-25-24(31-3)21-15-14-20(18-22(21)28(2)26(25)30)27-23(29)16-13-19-11-8-7-9-12-19/h7-9,11-16,18H,4-6,10,17H2,1-3H3,(H,27,29). The van der Waals surface area contributed by atoms with Gasteiger partial charge in [0.15, 0.2) is 5.75 Å². The van der Waals surface area contributed by atoms with E-state index in [-0.39, 0.29) is 17.2 Å². The molecule has 0 saturated heterocycles. The molecule has 3 aromatic rings. The number of rotatable bonds is 10. The zero-order valence-electron chi connectivity index (χ0n) is 18.9. The zero-order chi connectivity index (χ0) is 22.9. The van der Waals surface area contributed by atoms with E-state index < -0.39 is 0 Å². The molecular formula is C26H30N2O4.